The summed E-state index contributed by atoms with van der Waals surface area (Å²) >= 11 is 0. The third-order valence-corrected chi connectivity index (χ3v) is 4.49. The van der Waals surface area contributed by atoms with Crippen LogP contribution in [0.25, 0.3) is 0 Å². The van der Waals surface area contributed by atoms with Crippen LogP contribution in [0.15, 0.2) is 18.2 Å². The summed E-state index contributed by atoms with van der Waals surface area (Å²) in [6.07, 6.45) is 0.864. The normalized spacial score (nSPS) is 18.0. The van der Waals surface area contributed by atoms with Gasteiger partial charge in [0.1, 0.15) is 0 Å². The Morgan fingerprint density at radius 2 is 2.22 bits per heavy atom. The van der Waals surface area contributed by atoms with Crippen LogP contribution >= 0.6 is 0 Å². The standard InChI is InChI=1S/C15H18FN3O3S/c1-2-5-18-13-4-3-11(8-17)6-14(13)19-9-12(7-15(19)20)10-23(16,21)22/h3-4,6,12,18H,2,5,7,9-10H2,1H3. The lowest BCUT2D eigenvalue weighted by Crippen LogP contribution is -2.26. The van der Waals surface area contributed by atoms with Crippen molar-refractivity contribution in [2.24, 2.45) is 5.92 Å². The van der Waals surface area contributed by atoms with E-state index in [1.165, 1.54) is 4.90 Å². The predicted molar refractivity (Wildman–Crippen MR) is 85.3 cm³/mol. The Morgan fingerprint density at radius 3 is 2.83 bits per heavy atom. The number of amides is 1. The predicted octanol–water partition coefficient (Wildman–Crippen LogP) is 2.03. The number of rotatable bonds is 6. The molecule has 1 aliphatic rings. The van der Waals surface area contributed by atoms with Crippen molar-refractivity contribution in [1.29, 1.82) is 5.26 Å². The number of nitriles is 1. The van der Waals surface area contributed by atoms with Crippen LogP contribution in [-0.2, 0) is 15.0 Å². The maximum absolute atomic E-state index is 12.8. The number of nitrogens with zero attached hydrogens (tertiary/aromatic N) is 2. The van der Waals surface area contributed by atoms with E-state index in [-0.39, 0.29) is 18.9 Å². The van der Waals surface area contributed by atoms with Gasteiger partial charge in [0.2, 0.25) is 5.91 Å². The first-order valence-corrected chi connectivity index (χ1v) is 8.90. The van der Waals surface area contributed by atoms with Gasteiger partial charge in [0.05, 0.1) is 28.8 Å². The molecule has 1 aromatic rings. The van der Waals surface area contributed by atoms with Gasteiger partial charge in [-0.1, -0.05) is 6.92 Å². The molecule has 0 saturated carbocycles. The molecule has 0 spiro atoms. The van der Waals surface area contributed by atoms with Crippen LogP contribution < -0.4 is 10.2 Å². The second-order valence-corrected chi connectivity index (χ2v) is 6.96. The first-order chi connectivity index (χ1) is 10.8. The summed E-state index contributed by atoms with van der Waals surface area (Å²) in [5, 5.41) is 12.2. The summed E-state index contributed by atoms with van der Waals surface area (Å²) in [4.78, 5) is 13.6. The largest absolute Gasteiger partial charge is 0.383 e. The maximum atomic E-state index is 12.8. The van der Waals surface area contributed by atoms with E-state index in [1.54, 1.807) is 18.2 Å². The van der Waals surface area contributed by atoms with Crippen molar-refractivity contribution in [2.45, 2.75) is 19.8 Å². The molecule has 1 N–H and O–H groups in total. The number of carbonyl (C=O) groups excluding carboxylic acids is 1. The molecule has 0 radical (unpaired) electrons. The zero-order valence-corrected chi connectivity index (χ0v) is 13.6. The molecule has 2 rings (SSSR count). The number of carbonyl (C=O) groups is 1. The Morgan fingerprint density at radius 1 is 1.48 bits per heavy atom. The topological polar surface area (TPSA) is 90.3 Å². The van der Waals surface area contributed by atoms with Crippen LogP contribution in [0.4, 0.5) is 15.3 Å². The van der Waals surface area contributed by atoms with Crippen molar-refractivity contribution in [3.8, 4) is 6.07 Å². The fourth-order valence-electron chi connectivity index (χ4n) is 2.64. The summed E-state index contributed by atoms with van der Waals surface area (Å²) < 4.78 is 34.4. The summed E-state index contributed by atoms with van der Waals surface area (Å²) in [6.45, 7) is 2.82. The third-order valence-electron chi connectivity index (χ3n) is 3.62. The van der Waals surface area contributed by atoms with E-state index in [0.717, 1.165) is 6.42 Å². The van der Waals surface area contributed by atoms with Gasteiger partial charge in [-0.15, -0.1) is 3.89 Å². The Labute approximate surface area is 135 Å². The minimum atomic E-state index is -4.62. The van der Waals surface area contributed by atoms with Crippen LogP contribution in [0.5, 0.6) is 0 Å². The molecular weight excluding hydrogens is 321 g/mol. The zero-order valence-electron chi connectivity index (χ0n) is 12.8. The van der Waals surface area contributed by atoms with Crippen molar-refractivity contribution in [3.05, 3.63) is 23.8 Å². The van der Waals surface area contributed by atoms with Gasteiger partial charge in [0.25, 0.3) is 0 Å². The van der Waals surface area contributed by atoms with Gasteiger partial charge in [-0.3, -0.25) is 4.79 Å². The van der Waals surface area contributed by atoms with Crippen LogP contribution in [0.1, 0.15) is 25.3 Å². The maximum Gasteiger partial charge on any atom is 0.302 e. The smallest absolute Gasteiger partial charge is 0.302 e. The molecular formula is C15H18FN3O3S. The molecule has 1 fully saturated rings. The number of anilines is 2. The van der Waals surface area contributed by atoms with E-state index >= 15 is 0 Å². The molecule has 6 nitrogen and oxygen atoms in total. The molecule has 124 valence electrons. The average Bonchev–Trinajstić information content (AvgIpc) is 2.83. The van der Waals surface area contributed by atoms with E-state index in [2.05, 4.69) is 5.32 Å². The Kier molecular flexibility index (Phi) is 5.21. The summed E-state index contributed by atoms with van der Waals surface area (Å²) in [5.41, 5.74) is 1.63. The van der Waals surface area contributed by atoms with Crippen LogP contribution in [0.3, 0.4) is 0 Å². The zero-order chi connectivity index (χ0) is 17.0. The van der Waals surface area contributed by atoms with Gasteiger partial charge in [-0.25, -0.2) is 0 Å². The summed E-state index contributed by atoms with van der Waals surface area (Å²) in [6, 6.07) is 6.97. The molecule has 0 aliphatic carbocycles. The molecule has 1 aromatic carbocycles. The van der Waals surface area contributed by atoms with Crippen LogP contribution in [-0.4, -0.2) is 33.2 Å². The van der Waals surface area contributed by atoms with Gasteiger partial charge in [0, 0.05) is 25.4 Å². The molecule has 1 atom stereocenters. The minimum absolute atomic E-state index is 0.0207. The SMILES string of the molecule is CCCNc1ccc(C#N)cc1N1CC(CS(=O)(=O)F)CC1=O. The highest BCUT2D eigenvalue weighted by molar-refractivity contribution is 7.86. The quantitative estimate of drug-likeness (QED) is 0.801. The van der Waals surface area contributed by atoms with Gasteiger partial charge in [-0.05, 0) is 24.6 Å². The number of nitrogens with one attached hydrogen (secondary N) is 1. The molecule has 1 aliphatic heterocycles. The second-order valence-electron chi connectivity index (χ2n) is 5.55. The summed E-state index contributed by atoms with van der Waals surface area (Å²) in [7, 11) is -4.62. The first-order valence-electron chi connectivity index (χ1n) is 7.34. The van der Waals surface area contributed by atoms with Gasteiger partial charge in [-0.2, -0.15) is 13.7 Å². The molecule has 1 unspecified atom stereocenters. The van der Waals surface area contributed by atoms with E-state index in [9.17, 15) is 17.1 Å². The van der Waals surface area contributed by atoms with E-state index in [0.29, 0.717) is 23.5 Å². The fraction of sp³-hybridized carbons (Fsp3) is 0.467. The fourth-order valence-corrected chi connectivity index (χ4v) is 3.43. The van der Waals surface area contributed by atoms with Crippen LogP contribution in [0.2, 0.25) is 0 Å². The van der Waals surface area contributed by atoms with E-state index < -0.39 is 21.9 Å². The number of hydrogen-bond donors (Lipinski definition) is 1. The molecule has 8 heteroatoms. The Bertz CT molecular complexity index is 743. The first kappa shape index (κ1) is 17.2. The highest BCUT2D eigenvalue weighted by Gasteiger charge is 2.34. The average molecular weight is 339 g/mol. The number of halogens is 1. The minimum Gasteiger partial charge on any atom is -0.383 e. The lowest BCUT2D eigenvalue weighted by atomic mass is 10.1. The van der Waals surface area contributed by atoms with Crippen molar-refractivity contribution in [2.75, 3.05) is 29.1 Å². The summed E-state index contributed by atoms with van der Waals surface area (Å²) in [5.74, 6) is -1.51. The highest BCUT2D eigenvalue weighted by atomic mass is 32.3. The molecule has 1 saturated heterocycles. The van der Waals surface area contributed by atoms with Crippen LogP contribution in [0, 0.1) is 17.2 Å². The highest BCUT2D eigenvalue weighted by Crippen LogP contribution is 2.33. The van der Waals surface area contributed by atoms with Crippen molar-refractivity contribution >= 4 is 27.5 Å². The third kappa shape index (κ3) is 4.42. The molecule has 0 bridgehead atoms. The van der Waals surface area contributed by atoms with Gasteiger partial charge in [0.15, 0.2) is 0 Å². The second kappa shape index (κ2) is 6.96. The number of benzene rings is 1. The van der Waals surface area contributed by atoms with Gasteiger partial charge < -0.3 is 10.2 Å². The van der Waals surface area contributed by atoms with E-state index in [4.69, 9.17) is 5.26 Å². The lowest BCUT2D eigenvalue weighted by Gasteiger charge is -2.21. The Hall–Kier alpha value is -2.14. The van der Waals surface area contributed by atoms with Crippen molar-refractivity contribution in [3.63, 3.8) is 0 Å². The molecule has 0 aromatic heterocycles. The number of hydrogen-bond acceptors (Lipinski definition) is 5. The van der Waals surface area contributed by atoms with Crippen molar-refractivity contribution in [1.82, 2.24) is 0 Å². The van der Waals surface area contributed by atoms with E-state index in [1.807, 2.05) is 13.0 Å². The molecule has 1 heterocycles. The lowest BCUT2D eigenvalue weighted by molar-refractivity contribution is -0.117. The van der Waals surface area contributed by atoms with Gasteiger partial charge >= 0.3 is 10.2 Å². The monoisotopic (exact) mass is 339 g/mol. The molecule has 23 heavy (non-hydrogen) atoms. The molecule has 1 amide bonds. The Balaban J connectivity index is 2.29. The van der Waals surface area contributed by atoms with Crippen molar-refractivity contribution < 1.29 is 17.1 Å².